The van der Waals surface area contributed by atoms with E-state index >= 15 is 0 Å². The van der Waals surface area contributed by atoms with Gasteiger partial charge in [-0.15, -0.1) is 0 Å². The Labute approximate surface area is 346 Å². The smallest absolute Gasteiger partial charge is 0.160 e. The van der Waals surface area contributed by atoms with Crippen molar-refractivity contribution in [1.29, 1.82) is 0 Å². The molecule has 0 amide bonds. The third-order valence-electron chi connectivity index (χ3n) is 11.8. The molecule has 0 bridgehead atoms. The molecule has 0 saturated heterocycles. The van der Waals surface area contributed by atoms with E-state index in [9.17, 15) is 0 Å². The van der Waals surface area contributed by atoms with Gasteiger partial charge in [0.15, 0.2) is 5.82 Å². The Morgan fingerprint density at radius 1 is 0.350 bits per heavy atom. The zero-order valence-electron chi connectivity index (χ0n) is 32.5. The van der Waals surface area contributed by atoms with Gasteiger partial charge >= 0.3 is 0 Å². The molecule has 0 fully saturated rings. The van der Waals surface area contributed by atoms with E-state index in [0.29, 0.717) is 5.82 Å². The van der Waals surface area contributed by atoms with Crippen LogP contribution in [0, 0.1) is 0 Å². The Morgan fingerprint density at radius 3 is 1.58 bits per heavy atom. The van der Waals surface area contributed by atoms with Crippen LogP contribution in [0.15, 0.2) is 217 Å². The van der Waals surface area contributed by atoms with E-state index in [1.807, 2.05) is 36.4 Å². The molecule has 4 heteroatoms. The second-order valence-corrected chi connectivity index (χ2v) is 15.3. The van der Waals surface area contributed by atoms with Gasteiger partial charge in [-0.2, -0.15) is 0 Å². The molecule has 9 aromatic carbocycles. The summed E-state index contributed by atoms with van der Waals surface area (Å²) in [6.45, 7) is 0. The van der Waals surface area contributed by atoms with Crippen LogP contribution in [0.25, 0.3) is 116 Å². The zero-order valence-corrected chi connectivity index (χ0v) is 32.5. The highest BCUT2D eigenvalue weighted by molar-refractivity contribution is 6.22. The van der Waals surface area contributed by atoms with Gasteiger partial charge in [0.1, 0.15) is 11.2 Å². The summed E-state index contributed by atoms with van der Waals surface area (Å²) in [6, 6.07) is 74.9. The normalized spacial score (nSPS) is 11.7. The van der Waals surface area contributed by atoms with Crippen LogP contribution in [0.4, 0.5) is 0 Å². The van der Waals surface area contributed by atoms with Crippen LogP contribution in [0.2, 0.25) is 0 Å². The summed E-state index contributed by atoms with van der Waals surface area (Å²) in [6.07, 6.45) is 0. The number of fused-ring (bicyclic) bond motifs is 8. The first-order valence-electron chi connectivity index (χ1n) is 20.3. The highest BCUT2D eigenvalue weighted by Crippen LogP contribution is 2.44. The Balaban J connectivity index is 0.984. The number of aromatic nitrogens is 3. The lowest BCUT2D eigenvalue weighted by Gasteiger charge is -2.12. The van der Waals surface area contributed by atoms with E-state index in [1.54, 1.807) is 0 Å². The Hall–Kier alpha value is -8.08. The van der Waals surface area contributed by atoms with Gasteiger partial charge in [-0.25, -0.2) is 9.97 Å². The molecule has 60 heavy (non-hydrogen) atoms. The van der Waals surface area contributed by atoms with Crippen LogP contribution in [0.3, 0.4) is 0 Å². The summed E-state index contributed by atoms with van der Waals surface area (Å²) in [4.78, 5) is 10.0. The first kappa shape index (κ1) is 34.0. The molecule has 0 aliphatic rings. The fourth-order valence-electron chi connectivity index (χ4n) is 9.00. The van der Waals surface area contributed by atoms with Crippen molar-refractivity contribution in [3.8, 4) is 61.8 Å². The maximum Gasteiger partial charge on any atom is 0.160 e. The Kier molecular flexibility index (Phi) is 7.82. The van der Waals surface area contributed by atoms with Gasteiger partial charge in [-0.3, -0.25) is 0 Å². The van der Waals surface area contributed by atoms with E-state index in [4.69, 9.17) is 14.4 Å². The van der Waals surface area contributed by atoms with Crippen molar-refractivity contribution in [2.75, 3.05) is 0 Å². The average molecular weight is 766 g/mol. The fraction of sp³-hybridized carbons (Fsp3) is 0. The monoisotopic (exact) mass is 765 g/mol. The van der Waals surface area contributed by atoms with Crippen LogP contribution < -0.4 is 0 Å². The van der Waals surface area contributed by atoms with Gasteiger partial charge in [-0.1, -0.05) is 170 Å². The Morgan fingerprint density at radius 2 is 0.883 bits per heavy atom. The van der Waals surface area contributed by atoms with Crippen LogP contribution in [0.5, 0.6) is 0 Å². The topological polar surface area (TPSA) is 43.9 Å². The maximum atomic E-state index is 6.80. The third kappa shape index (κ3) is 5.53. The zero-order chi connectivity index (χ0) is 39.6. The van der Waals surface area contributed by atoms with Gasteiger partial charge in [0.05, 0.1) is 33.5 Å². The van der Waals surface area contributed by atoms with Crippen molar-refractivity contribution >= 4 is 54.5 Å². The van der Waals surface area contributed by atoms with Gasteiger partial charge in [0.2, 0.25) is 0 Å². The van der Waals surface area contributed by atoms with Crippen molar-refractivity contribution in [3.05, 3.63) is 212 Å². The molecule has 0 aliphatic heterocycles. The molecule has 12 rings (SSSR count). The predicted octanol–water partition coefficient (Wildman–Crippen LogP) is 15.0. The van der Waals surface area contributed by atoms with Crippen molar-refractivity contribution < 1.29 is 4.42 Å². The van der Waals surface area contributed by atoms with Crippen molar-refractivity contribution in [3.63, 3.8) is 0 Å². The minimum absolute atomic E-state index is 0.709. The number of benzene rings is 9. The summed E-state index contributed by atoms with van der Waals surface area (Å²) in [5.74, 6) is 0.709. The molecule has 0 aliphatic carbocycles. The maximum absolute atomic E-state index is 6.80. The molecule has 0 radical (unpaired) electrons. The standard InChI is InChI=1S/C56H35N3O/c1-3-15-37(16-4-1)48-35-49(58-56(57-48)39-17-5-2-6-18-39)38-31-29-36(30-32-38)40-19-13-20-41(33-40)46-34-47-54-52(27-14-28-53(54)60-55(47)45-24-8-7-21-42(45)46)59-50-25-11-9-22-43(50)44-23-10-12-26-51(44)59/h1-35H. The van der Waals surface area contributed by atoms with Crippen molar-refractivity contribution in [1.82, 2.24) is 14.5 Å². The molecule has 0 atom stereocenters. The van der Waals surface area contributed by atoms with E-state index in [-0.39, 0.29) is 0 Å². The van der Waals surface area contributed by atoms with Crippen molar-refractivity contribution in [2.24, 2.45) is 0 Å². The molecule has 12 aromatic rings. The molecular formula is C56H35N3O. The highest BCUT2D eigenvalue weighted by Gasteiger charge is 2.21. The number of hydrogen-bond donors (Lipinski definition) is 0. The molecular weight excluding hydrogens is 731 g/mol. The number of para-hydroxylation sites is 2. The molecule has 0 N–H and O–H groups in total. The van der Waals surface area contributed by atoms with E-state index in [2.05, 4.69) is 180 Å². The molecule has 3 aromatic heterocycles. The van der Waals surface area contributed by atoms with Gasteiger partial charge in [0.25, 0.3) is 0 Å². The lowest BCUT2D eigenvalue weighted by molar-refractivity contribution is 0.672. The minimum Gasteiger partial charge on any atom is -0.455 e. The lowest BCUT2D eigenvalue weighted by atomic mass is 9.93. The number of furan rings is 1. The summed E-state index contributed by atoms with van der Waals surface area (Å²) in [5, 5.41) is 6.93. The quantitative estimate of drug-likeness (QED) is 0.169. The molecule has 0 saturated carbocycles. The predicted molar refractivity (Wildman–Crippen MR) is 248 cm³/mol. The van der Waals surface area contributed by atoms with Crippen LogP contribution in [-0.2, 0) is 0 Å². The number of rotatable bonds is 6. The number of hydrogen-bond acceptors (Lipinski definition) is 3. The van der Waals surface area contributed by atoms with Gasteiger partial charge in [-0.05, 0) is 70.1 Å². The largest absolute Gasteiger partial charge is 0.455 e. The summed E-state index contributed by atoms with van der Waals surface area (Å²) >= 11 is 0. The van der Waals surface area contributed by atoms with Crippen molar-refractivity contribution in [2.45, 2.75) is 0 Å². The first-order valence-corrected chi connectivity index (χ1v) is 20.3. The lowest BCUT2D eigenvalue weighted by Crippen LogP contribution is -1.95. The SMILES string of the molecule is c1ccc(-c2cc(-c3ccc(-c4cccc(-c5cc6c(oc7cccc(-n8c9ccccc9c9ccccc98)c76)c6ccccc56)c4)cc3)nc(-c3ccccc3)n2)cc1. The highest BCUT2D eigenvalue weighted by atomic mass is 16.3. The van der Waals surface area contributed by atoms with Gasteiger partial charge < -0.3 is 8.98 Å². The average Bonchev–Trinajstić information content (AvgIpc) is 3.88. The summed E-state index contributed by atoms with van der Waals surface area (Å²) in [5.41, 5.74) is 14.7. The Bertz CT molecular complexity index is 3470. The fourth-order valence-corrected chi connectivity index (χ4v) is 9.00. The van der Waals surface area contributed by atoms with E-state index < -0.39 is 0 Å². The minimum atomic E-state index is 0.709. The summed E-state index contributed by atoms with van der Waals surface area (Å²) in [7, 11) is 0. The first-order chi connectivity index (χ1) is 29.7. The molecule has 0 unspecified atom stereocenters. The van der Waals surface area contributed by atoms with Crippen LogP contribution >= 0.6 is 0 Å². The van der Waals surface area contributed by atoms with Crippen LogP contribution in [-0.4, -0.2) is 14.5 Å². The second-order valence-electron chi connectivity index (χ2n) is 15.3. The summed E-state index contributed by atoms with van der Waals surface area (Å²) < 4.78 is 9.20. The second kappa shape index (κ2) is 13.8. The third-order valence-corrected chi connectivity index (χ3v) is 11.8. The molecule has 0 spiro atoms. The molecule has 4 nitrogen and oxygen atoms in total. The van der Waals surface area contributed by atoms with Crippen LogP contribution in [0.1, 0.15) is 0 Å². The van der Waals surface area contributed by atoms with Gasteiger partial charge in [0, 0.05) is 38.2 Å². The van der Waals surface area contributed by atoms with E-state index in [1.165, 1.54) is 27.4 Å². The molecule has 280 valence electrons. The molecule has 3 heterocycles. The number of nitrogens with zero attached hydrogens (tertiary/aromatic N) is 3. The van der Waals surface area contributed by atoms with E-state index in [0.717, 1.165) is 83.2 Å².